The fourth-order valence-corrected chi connectivity index (χ4v) is 3.08. The zero-order valence-corrected chi connectivity index (χ0v) is 17.8. The summed E-state index contributed by atoms with van der Waals surface area (Å²) in [4.78, 5) is 32.7. The number of pyridine rings is 1. The van der Waals surface area contributed by atoms with Gasteiger partial charge in [-0.25, -0.2) is 4.98 Å². The highest BCUT2D eigenvalue weighted by Gasteiger charge is 2.21. The lowest BCUT2D eigenvalue weighted by Crippen LogP contribution is -2.49. The van der Waals surface area contributed by atoms with Gasteiger partial charge >= 0.3 is 0 Å². The highest BCUT2D eigenvalue weighted by Crippen LogP contribution is 2.13. The third-order valence-electron chi connectivity index (χ3n) is 4.61. The Kier molecular flexibility index (Phi) is 10.3. The van der Waals surface area contributed by atoms with Crippen LogP contribution in [0.25, 0.3) is 0 Å². The quantitative estimate of drug-likeness (QED) is 0.670. The molecule has 3 rings (SSSR count). The number of nitrogens with one attached hydrogen (secondary N) is 1. The first-order chi connectivity index (χ1) is 13.1. The normalized spacial score (nSPS) is 13.1. The van der Waals surface area contributed by atoms with Crippen molar-refractivity contribution in [2.45, 2.75) is 12.8 Å². The standard InChI is InChI=1S/C20H25N5O2.2ClH/c21-17-6-4-16(5-7-17)15-19(26)23-10-8-20(27)25-13-11-24(12-14-25)18-3-1-2-9-22-18;;/h1-7,9H,8,10-15,21H2,(H,23,26);2*1H. The van der Waals surface area contributed by atoms with Crippen LogP contribution in [0.15, 0.2) is 48.7 Å². The predicted octanol–water partition coefficient (Wildman–Crippen LogP) is 1.90. The van der Waals surface area contributed by atoms with E-state index in [4.69, 9.17) is 5.73 Å². The van der Waals surface area contributed by atoms with Crippen molar-refractivity contribution in [3.63, 3.8) is 0 Å². The van der Waals surface area contributed by atoms with E-state index in [0.717, 1.165) is 24.5 Å². The predicted molar refractivity (Wildman–Crippen MR) is 120 cm³/mol. The summed E-state index contributed by atoms with van der Waals surface area (Å²) in [6.45, 7) is 3.25. The Bertz CT molecular complexity index is 766. The smallest absolute Gasteiger partial charge is 0.224 e. The van der Waals surface area contributed by atoms with Crippen LogP contribution in [0.4, 0.5) is 11.5 Å². The molecule has 0 unspecified atom stereocenters. The van der Waals surface area contributed by atoms with Crippen molar-refractivity contribution in [3.8, 4) is 0 Å². The molecule has 0 radical (unpaired) electrons. The zero-order chi connectivity index (χ0) is 19.1. The van der Waals surface area contributed by atoms with Crippen LogP contribution in [-0.2, 0) is 16.0 Å². The van der Waals surface area contributed by atoms with Crippen molar-refractivity contribution >= 4 is 48.1 Å². The maximum Gasteiger partial charge on any atom is 0.224 e. The minimum Gasteiger partial charge on any atom is -0.399 e. The maximum atomic E-state index is 12.3. The second kappa shape index (κ2) is 12.1. The summed E-state index contributed by atoms with van der Waals surface area (Å²) >= 11 is 0. The van der Waals surface area contributed by atoms with Crippen LogP contribution in [-0.4, -0.2) is 54.4 Å². The average Bonchev–Trinajstić information content (AvgIpc) is 2.70. The second-order valence-electron chi connectivity index (χ2n) is 6.57. The Hall–Kier alpha value is -2.51. The summed E-state index contributed by atoms with van der Waals surface area (Å²) in [5.41, 5.74) is 7.21. The highest BCUT2D eigenvalue weighted by atomic mass is 35.5. The number of nitrogens with zero attached hydrogens (tertiary/aromatic N) is 3. The molecule has 0 saturated carbocycles. The topological polar surface area (TPSA) is 91.6 Å². The number of nitrogens with two attached hydrogens (primary N) is 1. The number of carbonyl (C=O) groups excluding carboxylic acids is 2. The Morgan fingerprint density at radius 3 is 2.31 bits per heavy atom. The minimum atomic E-state index is -0.0902. The van der Waals surface area contributed by atoms with Crippen LogP contribution in [0, 0.1) is 0 Å². The van der Waals surface area contributed by atoms with Gasteiger partial charge in [0.05, 0.1) is 6.42 Å². The van der Waals surface area contributed by atoms with Crippen LogP contribution < -0.4 is 16.0 Å². The Balaban J connectivity index is 0.00000210. The largest absolute Gasteiger partial charge is 0.399 e. The molecule has 2 heterocycles. The number of piperazine rings is 1. The fourth-order valence-electron chi connectivity index (χ4n) is 3.08. The first-order valence-electron chi connectivity index (χ1n) is 9.17. The molecule has 1 fully saturated rings. The lowest BCUT2D eigenvalue weighted by molar-refractivity contribution is -0.131. The van der Waals surface area contributed by atoms with Gasteiger partial charge in [-0.15, -0.1) is 24.8 Å². The van der Waals surface area contributed by atoms with Gasteiger partial charge in [-0.05, 0) is 29.8 Å². The van der Waals surface area contributed by atoms with Crippen molar-refractivity contribution in [1.29, 1.82) is 0 Å². The second-order valence-corrected chi connectivity index (χ2v) is 6.57. The summed E-state index contributed by atoms with van der Waals surface area (Å²) in [7, 11) is 0. The first kappa shape index (κ1) is 24.5. The summed E-state index contributed by atoms with van der Waals surface area (Å²) < 4.78 is 0. The van der Waals surface area contributed by atoms with Crippen molar-refractivity contribution in [2.75, 3.05) is 43.4 Å². The van der Waals surface area contributed by atoms with Gasteiger partial charge in [0, 0.05) is 51.0 Å². The Morgan fingerprint density at radius 1 is 1.00 bits per heavy atom. The number of nitrogen functional groups attached to an aromatic ring is 1. The van der Waals surface area contributed by atoms with Gasteiger partial charge in [-0.1, -0.05) is 18.2 Å². The number of benzene rings is 1. The Morgan fingerprint density at radius 2 is 1.69 bits per heavy atom. The summed E-state index contributed by atoms with van der Waals surface area (Å²) in [6.07, 6.45) is 2.38. The number of halogens is 2. The number of aromatic nitrogens is 1. The van der Waals surface area contributed by atoms with Crippen LogP contribution in [0.1, 0.15) is 12.0 Å². The maximum absolute atomic E-state index is 12.3. The molecule has 0 spiro atoms. The van der Waals surface area contributed by atoms with E-state index in [1.54, 1.807) is 18.3 Å². The van der Waals surface area contributed by atoms with Gasteiger partial charge in [0.25, 0.3) is 0 Å². The lowest BCUT2D eigenvalue weighted by atomic mass is 10.1. The van der Waals surface area contributed by atoms with E-state index in [9.17, 15) is 9.59 Å². The van der Waals surface area contributed by atoms with E-state index in [2.05, 4.69) is 15.2 Å². The number of rotatable bonds is 6. The van der Waals surface area contributed by atoms with E-state index in [0.29, 0.717) is 31.7 Å². The first-order valence-corrected chi connectivity index (χ1v) is 9.17. The molecule has 0 bridgehead atoms. The molecular weight excluding hydrogens is 413 g/mol. The third-order valence-corrected chi connectivity index (χ3v) is 4.61. The van der Waals surface area contributed by atoms with Crippen LogP contribution in [0.3, 0.4) is 0 Å². The molecule has 1 saturated heterocycles. The summed E-state index contributed by atoms with van der Waals surface area (Å²) in [5, 5.41) is 2.81. The van der Waals surface area contributed by atoms with Crippen LogP contribution >= 0.6 is 24.8 Å². The molecule has 2 aromatic rings. The monoisotopic (exact) mass is 439 g/mol. The fraction of sp³-hybridized carbons (Fsp3) is 0.350. The molecule has 7 nitrogen and oxygen atoms in total. The molecule has 2 amide bonds. The van der Waals surface area contributed by atoms with E-state index < -0.39 is 0 Å². The van der Waals surface area contributed by atoms with Crippen molar-refractivity contribution in [2.24, 2.45) is 0 Å². The third kappa shape index (κ3) is 7.44. The van der Waals surface area contributed by atoms with Crippen molar-refractivity contribution in [1.82, 2.24) is 15.2 Å². The zero-order valence-electron chi connectivity index (χ0n) is 16.1. The van der Waals surface area contributed by atoms with Gasteiger partial charge < -0.3 is 20.9 Å². The van der Waals surface area contributed by atoms with Gasteiger partial charge in [-0.3, -0.25) is 9.59 Å². The molecule has 0 atom stereocenters. The molecule has 158 valence electrons. The average molecular weight is 440 g/mol. The Labute approximate surface area is 183 Å². The lowest BCUT2D eigenvalue weighted by Gasteiger charge is -2.35. The molecular formula is C20H27Cl2N5O2. The summed E-state index contributed by atoms with van der Waals surface area (Å²) in [6, 6.07) is 13.1. The van der Waals surface area contributed by atoms with Gasteiger partial charge in [0.1, 0.15) is 5.82 Å². The molecule has 1 aliphatic rings. The van der Waals surface area contributed by atoms with E-state index in [-0.39, 0.29) is 43.0 Å². The number of amides is 2. The number of hydrogen-bond donors (Lipinski definition) is 2. The summed E-state index contributed by atoms with van der Waals surface area (Å²) in [5.74, 6) is 0.926. The molecule has 29 heavy (non-hydrogen) atoms. The molecule has 1 aromatic heterocycles. The SMILES string of the molecule is Cl.Cl.Nc1ccc(CC(=O)NCCC(=O)N2CCN(c3ccccn3)CC2)cc1. The molecule has 1 aromatic carbocycles. The van der Waals surface area contributed by atoms with E-state index in [1.807, 2.05) is 35.2 Å². The number of carbonyl (C=O) groups is 2. The molecule has 3 N–H and O–H groups in total. The highest BCUT2D eigenvalue weighted by molar-refractivity contribution is 5.85. The van der Waals surface area contributed by atoms with Gasteiger partial charge in [0.2, 0.25) is 11.8 Å². The van der Waals surface area contributed by atoms with Crippen molar-refractivity contribution < 1.29 is 9.59 Å². The molecule has 0 aliphatic carbocycles. The minimum absolute atomic E-state index is 0. The van der Waals surface area contributed by atoms with E-state index >= 15 is 0 Å². The van der Waals surface area contributed by atoms with Gasteiger partial charge in [0.15, 0.2) is 0 Å². The number of hydrogen-bond acceptors (Lipinski definition) is 5. The molecule has 1 aliphatic heterocycles. The van der Waals surface area contributed by atoms with E-state index in [1.165, 1.54) is 0 Å². The molecule has 9 heteroatoms. The van der Waals surface area contributed by atoms with Crippen LogP contribution in [0.2, 0.25) is 0 Å². The van der Waals surface area contributed by atoms with Crippen LogP contribution in [0.5, 0.6) is 0 Å². The number of anilines is 2. The van der Waals surface area contributed by atoms with Gasteiger partial charge in [-0.2, -0.15) is 0 Å². The van der Waals surface area contributed by atoms with Crippen molar-refractivity contribution in [3.05, 3.63) is 54.2 Å².